The van der Waals surface area contributed by atoms with E-state index in [1.165, 1.54) is 16.3 Å². The highest BCUT2D eigenvalue weighted by molar-refractivity contribution is 9.10. The van der Waals surface area contributed by atoms with Crippen molar-refractivity contribution in [2.24, 2.45) is 11.0 Å². The molecule has 4 nitrogen and oxygen atoms in total. The van der Waals surface area contributed by atoms with Gasteiger partial charge in [-0.05, 0) is 26.0 Å². The number of benzene rings is 1. The highest BCUT2D eigenvalue weighted by Crippen LogP contribution is 2.31. The lowest BCUT2D eigenvalue weighted by Gasteiger charge is -2.07. The van der Waals surface area contributed by atoms with Crippen molar-refractivity contribution in [3.63, 3.8) is 0 Å². The average molecular weight is 350 g/mol. The van der Waals surface area contributed by atoms with Crippen LogP contribution >= 0.6 is 27.3 Å². The number of carbonyl (C=O) groups is 1. The molecule has 2 heterocycles. The fraction of sp³-hybridized carbons (Fsp3) is 0.214. The summed E-state index contributed by atoms with van der Waals surface area (Å²) in [6, 6.07) is 7.93. The lowest BCUT2D eigenvalue weighted by Crippen LogP contribution is -2.24. The minimum atomic E-state index is -0.157. The van der Waals surface area contributed by atoms with E-state index in [-0.39, 0.29) is 11.8 Å². The maximum absolute atomic E-state index is 12.1. The molecular formula is C14H12BrN3OS. The van der Waals surface area contributed by atoms with Crippen LogP contribution in [-0.4, -0.2) is 16.6 Å². The standard InChI is InChI=1S/C14H12BrN3OS/c1-8-9(2)17-18(13(8)19)14-16-12(7-20-14)10-3-5-11(15)6-4-10/h3-8H,1-2H3. The summed E-state index contributed by atoms with van der Waals surface area (Å²) >= 11 is 4.84. The molecule has 1 aromatic carbocycles. The summed E-state index contributed by atoms with van der Waals surface area (Å²) in [5.41, 5.74) is 2.71. The van der Waals surface area contributed by atoms with Gasteiger partial charge >= 0.3 is 0 Å². The van der Waals surface area contributed by atoms with Gasteiger partial charge in [0.15, 0.2) is 0 Å². The number of anilines is 1. The molecule has 102 valence electrons. The highest BCUT2D eigenvalue weighted by atomic mass is 79.9. The number of carbonyl (C=O) groups excluding carboxylic acids is 1. The topological polar surface area (TPSA) is 45.6 Å². The molecule has 0 bridgehead atoms. The van der Waals surface area contributed by atoms with Crippen molar-refractivity contribution < 1.29 is 4.79 Å². The quantitative estimate of drug-likeness (QED) is 0.824. The van der Waals surface area contributed by atoms with E-state index >= 15 is 0 Å². The number of rotatable bonds is 2. The monoisotopic (exact) mass is 349 g/mol. The van der Waals surface area contributed by atoms with E-state index in [4.69, 9.17) is 0 Å². The van der Waals surface area contributed by atoms with Crippen molar-refractivity contribution >= 4 is 44.0 Å². The zero-order chi connectivity index (χ0) is 14.3. The molecule has 1 aliphatic rings. The molecule has 0 saturated carbocycles. The summed E-state index contributed by atoms with van der Waals surface area (Å²) in [4.78, 5) is 16.6. The largest absolute Gasteiger partial charge is 0.272 e. The predicted octanol–water partition coefficient (Wildman–Crippen LogP) is 3.93. The van der Waals surface area contributed by atoms with E-state index in [2.05, 4.69) is 26.0 Å². The van der Waals surface area contributed by atoms with Crippen LogP contribution in [0.15, 0.2) is 39.2 Å². The summed E-state index contributed by atoms with van der Waals surface area (Å²) in [6.07, 6.45) is 0. The third kappa shape index (κ3) is 2.29. The van der Waals surface area contributed by atoms with Crippen molar-refractivity contribution in [2.75, 3.05) is 5.01 Å². The molecule has 1 atom stereocenters. The second-order valence-corrected chi connectivity index (χ2v) is 6.39. The number of hydrazone groups is 1. The Morgan fingerprint density at radius 2 is 2.00 bits per heavy atom. The first-order valence-corrected chi connectivity index (χ1v) is 7.84. The lowest BCUT2D eigenvalue weighted by molar-refractivity contribution is -0.119. The molecule has 2 aromatic rings. The van der Waals surface area contributed by atoms with Gasteiger partial charge in [-0.25, -0.2) is 4.98 Å². The molecule has 1 aliphatic heterocycles. The highest BCUT2D eigenvalue weighted by Gasteiger charge is 2.32. The van der Waals surface area contributed by atoms with E-state index in [0.717, 1.165) is 21.4 Å². The van der Waals surface area contributed by atoms with Crippen LogP contribution in [0.4, 0.5) is 5.13 Å². The second kappa shape index (κ2) is 5.10. The molecule has 20 heavy (non-hydrogen) atoms. The van der Waals surface area contributed by atoms with Gasteiger partial charge in [0.05, 0.1) is 11.6 Å². The normalized spacial score (nSPS) is 18.6. The van der Waals surface area contributed by atoms with Crippen molar-refractivity contribution in [1.82, 2.24) is 4.98 Å². The zero-order valence-electron chi connectivity index (χ0n) is 11.0. The number of nitrogens with zero attached hydrogens (tertiary/aromatic N) is 3. The number of aromatic nitrogens is 1. The Hall–Kier alpha value is -1.53. The molecule has 1 amide bonds. The van der Waals surface area contributed by atoms with Crippen LogP contribution < -0.4 is 5.01 Å². The van der Waals surface area contributed by atoms with Crippen LogP contribution in [0.1, 0.15) is 13.8 Å². The van der Waals surface area contributed by atoms with Crippen molar-refractivity contribution in [3.05, 3.63) is 34.1 Å². The Labute approximate surface area is 129 Å². The first-order valence-electron chi connectivity index (χ1n) is 6.17. The van der Waals surface area contributed by atoms with Gasteiger partial charge in [-0.2, -0.15) is 10.1 Å². The van der Waals surface area contributed by atoms with E-state index < -0.39 is 0 Å². The van der Waals surface area contributed by atoms with Crippen LogP contribution in [0.5, 0.6) is 0 Å². The number of halogens is 1. The Bertz CT molecular complexity index is 693. The molecule has 0 spiro atoms. The summed E-state index contributed by atoms with van der Waals surface area (Å²) in [7, 11) is 0. The lowest BCUT2D eigenvalue weighted by atomic mass is 10.1. The first kappa shape index (κ1) is 13.5. The number of thiazole rings is 1. The maximum Gasteiger partial charge on any atom is 0.258 e. The van der Waals surface area contributed by atoms with Gasteiger partial charge in [0.1, 0.15) is 0 Å². The van der Waals surface area contributed by atoms with Gasteiger partial charge in [0, 0.05) is 21.1 Å². The Balaban J connectivity index is 1.91. The van der Waals surface area contributed by atoms with Gasteiger partial charge in [-0.1, -0.05) is 28.1 Å². The predicted molar refractivity (Wildman–Crippen MR) is 85.0 cm³/mol. The van der Waals surface area contributed by atoms with Crippen molar-refractivity contribution in [3.8, 4) is 11.3 Å². The fourth-order valence-corrected chi connectivity index (χ4v) is 2.96. The van der Waals surface area contributed by atoms with Crippen molar-refractivity contribution in [1.29, 1.82) is 0 Å². The summed E-state index contributed by atoms with van der Waals surface area (Å²) in [6.45, 7) is 3.73. The molecule has 1 unspecified atom stereocenters. The molecule has 3 rings (SSSR count). The van der Waals surface area contributed by atoms with Gasteiger partial charge in [-0.3, -0.25) is 4.79 Å². The number of amides is 1. The molecular weight excluding hydrogens is 338 g/mol. The third-order valence-corrected chi connectivity index (χ3v) is 4.62. The molecule has 6 heteroatoms. The SMILES string of the molecule is CC1=NN(c2nc(-c3ccc(Br)cc3)cs2)C(=O)C1C. The van der Waals surface area contributed by atoms with Crippen LogP contribution in [0, 0.1) is 5.92 Å². The zero-order valence-corrected chi connectivity index (χ0v) is 13.4. The first-order chi connectivity index (χ1) is 9.56. The van der Waals surface area contributed by atoms with Crippen LogP contribution in [0.3, 0.4) is 0 Å². The van der Waals surface area contributed by atoms with Crippen LogP contribution in [0.25, 0.3) is 11.3 Å². The Morgan fingerprint density at radius 3 is 2.60 bits per heavy atom. The number of hydrogen-bond donors (Lipinski definition) is 0. The van der Waals surface area contributed by atoms with E-state index in [9.17, 15) is 4.79 Å². The minimum Gasteiger partial charge on any atom is -0.272 e. The summed E-state index contributed by atoms with van der Waals surface area (Å²) in [5, 5.41) is 8.26. The Kier molecular flexibility index (Phi) is 3.43. The van der Waals surface area contributed by atoms with E-state index in [1.54, 1.807) is 0 Å². The van der Waals surface area contributed by atoms with Crippen LogP contribution in [-0.2, 0) is 4.79 Å². The summed E-state index contributed by atoms with van der Waals surface area (Å²) in [5.74, 6) is -0.172. The minimum absolute atomic E-state index is 0.0146. The molecule has 0 N–H and O–H groups in total. The van der Waals surface area contributed by atoms with Crippen molar-refractivity contribution in [2.45, 2.75) is 13.8 Å². The summed E-state index contributed by atoms with van der Waals surface area (Å²) < 4.78 is 1.03. The van der Waals surface area contributed by atoms with E-state index in [0.29, 0.717) is 5.13 Å². The smallest absolute Gasteiger partial charge is 0.258 e. The molecule has 0 saturated heterocycles. The van der Waals surface area contributed by atoms with Crippen LogP contribution in [0.2, 0.25) is 0 Å². The van der Waals surface area contributed by atoms with Gasteiger partial charge in [0.2, 0.25) is 5.13 Å². The van der Waals surface area contributed by atoms with E-state index in [1.807, 2.05) is 43.5 Å². The molecule has 0 radical (unpaired) electrons. The second-order valence-electron chi connectivity index (χ2n) is 4.64. The maximum atomic E-state index is 12.1. The molecule has 1 aromatic heterocycles. The Morgan fingerprint density at radius 1 is 1.30 bits per heavy atom. The van der Waals surface area contributed by atoms with Gasteiger partial charge in [-0.15, -0.1) is 11.3 Å². The molecule has 0 fully saturated rings. The third-order valence-electron chi connectivity index (χ3n) is 3.28. The number of hydrogen-bond acceptors (Lipinski definition) is 4. The van der Waals surface area contributed by atoms with Gasteiger partial charge < -0.3 is 0 Å². The molecule has 0 aliphatic carbocycles. The average Bonchev–Trinajstić information content (AvgIpc) is 3.01. The fourth-order valence-electron chi connectivity index (χ4n) is 1.91. The van der Waals surface area contributed by atoms with Gasteiger partial charge in [0.25, 0.3) is 5.91 Å².